The van der Waals surface area contributed by atoms with Crippen molar-refractivity contribution in [2.75, 3.05) is 25.1 Å². The van der Waals surface area contributed by atoms with Crippen LogP contribution in [-0.4, -0.2) is 47.0 Å². The van der Waals surface area contributed by atoms with E-state index in [9.17, 15) is 9.59 Å². The van der Waals surface area contributed by atoms with Gasteiger partial charge in [-0.1, -0.05) is 12.1 Å². The Balaban J connectivity index is 2.03. The van der Waals surface area contributed by atoms with Gasteiger partial charge in [0.1, 0.15) is 6.54 Å². The summed E-state index contributed by atoms with van der Waals surface area (Å²) in [6.07, 6.45) is 1.25. The highest BCUT2D eigenvalue weighted by molar-refractivity contribution is 8.16. The molecule has 0 aliphatic carbocycles. The predicted octanol–water partition coefficient (Wildman–Crippen LogP) is 2.71. The lowest BCUT2D eigenvalue weighted by atomic mass is 10.1. The van der Waals surface area contributed by atoms with Crippen molar-refractivity contribution in [2.24, 2.45) is 0 Å². The van der Waals surface area contributed by atoms with Crippen LogP contribution in [0.4, 0.5) is 0 Å². The first-order valence-corrected chi connectivity index (χ1v) is 8.48. The molecule has 1 aliphatic heterocycles. The van der Waals surface area contributed by atoms with Gasteiger partial charge in [-0.3, -0.25) is 9.59 Å². The summed E-state index contributed by atoms with van der Waals surface area (Å²) in [7, 11) is 1.50. The fourth-order valence-corrected chi connectivity index (χ4v) is 4.85. The molecule has 0 spiro atoms. The monoisotopic (exact) mass is 311 g/mol. The minimum atomic E-state index is -1.01. The summed E-state index contributed by atoms with van der Waals surface area (Å²) in [5.74, 6) is 1.09. The standard InChI is InChI=1S/C14H17NO3S2/c1-15(9-12(16)17)13(18)10-3-5-11(6-4-10)14-19-7-2-8-20-14/h3-6,14H,2,7-9H2,1H3,(H,16,17). The van der Waals surface area contributed by atoms with Crippen LogP contribution in [0, 0.1) is 0 Å². The Morgan fingerprint density at radius 3 is 2.40 bits per heavy atom. The second-order valence-electron chi connectivity index (χ2n) is 4.60. The van der Waals surface area contributed by atoms with Gasteiger partial charge in [-0.25, -0.2) is 0 Å². The van der Waals surface area contributed by atoms with Crippen LogP contribution in [0.1, 0.15) is 26.9 Å². The number of amides is 1. The van der Waals surface area contributed by atoms with Crippen LogP contribution in [0.2, 0.25) is 0 Å². The Morgan fingerprint density at radius 1 is 1.25 bits per heavy atom. The highest BCUT2D eigenvalue weighted by Crippen LogP contribution is 2.43. The Kier molecular flexibility index (Phi) is 5.37. The molecule has 0 saturated carbocycles. The van der Waals surface area contributed by atoms with Crippen LogP contribution in [0.5, 0.6) is 0 Å². The van der Waals surface area contributed by atoms with E-state index in [-0.39, 0.29) is 12.5 Å². The summed E-state index contributed by atoms with van der Waals surface area (Å²) in [5.41, 5.74) is 1.75. The van der Waals surface area contributed by atoms with E-state index >= 15 is 0 Å². The molecule has 2 rings (SSSR count). The average Bonchev–Trinajstić information content (AvgIpc) is 2.47. The Labute approximate surface area is 126 Å². The first kappa shape index (κ1) is 15.3. The number of aliphatic carboxylic acids is 1. The number of carboxylic acids is 1. The highest BCUT2D eigenvalue weighted by Gasteiger charge is 2.18. The topological polar surface area (TPSA) is 57.6 Å². The van der Waals surface area contributed by atoms with Crippen molar-refractivity contribution in [3.8, 4) is 0 Å². The van der Waals surface area contributed by atoms with Crippen LogP contribution in [0.25, 0.3) is 0 Å². The number of benzene rings is 1. The molecular formula is C14H17NO3S2. The summed E-state index contributed by atoms with van der Waals surface area (Å²) in [6, 6.07) is 7.51. The quantitative estimate of drug-likeness (QED) is 0.926. The molecule has 0 unspecified atom stereocenters. The molecule has 108 valence electrons. The minimum Gasteiger partial charge on any atom is -0.480 e. The zero-order valence-corrected chi connectivity index (χ0v) is 12.9. The molecule has 6 heteroatoms. The van der Waals surface area contributed by atoms with Gasteiger partial charge in [-0.15, -0.1) is 23.5 Å². The fourth-order valence-electron chi connectivity index (χ4n) is 1.96. The largest absolute Gasteiger partial charge is 0.480 e. The zero-order chi connectivity index (χ0) is 14.5. The van der Waals surface area contributed by atoms with Gasteiger partial charge >= 0.3 is 5.97 Å². The molecule has 1 aliphatic rings. The third-order valence-electron chi connectivity index (χ3n) is 2.98. The second-order valence-corrected chi connectivity index (χ2v) is 7.33. The van der Waals surface area contributed by atoms with Crippen LogP contribution in [0.3, 0.4) is 0 Å². The molecule has 1 saturated heterocycles. The smallest absolute Gasteiger partial charge is 0.323 e. The second kappa shape index (κ2) is 7.04. The van der Waals surface area contributed by atoms with Crippen LogP contribution in [0.15, 0.2) is 24.3 Å². The molecule has 1 aromatic carbocycles. The maximum atomic E-state index is 12.0. The van der Waals surface area contributed by atoms with Gasteiger partial charge in [0.15, 0.2) is 0 Å². The van der Waals surface area contributed by atoms with E-state index in [1.165, 1.54) is 35.4 Å². The Morgan fingerprint density at radius 2 is 1.85 bits per heavy atom. The number of rotatable bonds is 4. The van der Waals surface area contributed by atoms with Gasteiger partial charge in [0, 0.05) is 12.6 Å². The average molecular weight is 311 g/mol. The van der Waals surface area contributed by atoms with Crippen LogP contribution < -0.4 is 0 Å². The summed E-state index contributed by atoms with van der Waals surface area (Å²) in [5, 5.41) is 8.69. The third kappa shape index (κ3) is 3.93. The molecule has 1 heterocycles. The van der Waals surface area contributed by atoms with Gasteiger partial charge in [-0.05, 0) is 35.6 Å². The maximum absolute atomic E-state index is 12.0. The molecule has 20 heavy (non-hydrogen) atoms. The highest BCUT2D eigenvalue weighted by atomic mass is 32.2. The van der Waals surface area contributed by atoms with Gasteiger partial charge in [0.2, 0.25) is 0 Å². The molecule has 1 amide bonds. The van der Waals surface area contributed by atoms with E-state index in [2.05, 4.69) is 0 Å². The molecular weight excluding hydrogens is 294 g/mol. The summed E-state index contributed by atoms with van der Waals surface area (Å²) in [4.78, 5) is 23.8. The van der Waals surface area contributed by atoms with E-state index in [4.69, 9.17) is 5.11 Å². The number of hydrogen-bond acceptors (Lipinski definition) is 4. The van der Waals surface area contributed by atoms with Crippen molar-refractivity contribution in [3.63, 3.8) is 0 Å². The van der Waals surface area contributed by atoms with E-state index in [0.717, 1.165) is 0 Å². The van der Waals surface area contributed by atoms with Gasteiger partial charge < -0.3 is 10.0 Å². The van der Waals surface area contributed by atoms with Crippen molar-refractivity contribution in [2.45, 2.75) is 11.0 Å². The SMILES string of the molecule is CN(CC(=O)O)C(=O)c1ccc(C2SCCCS2)cc1. The molecule has 0 radical (unpaired) electrons. The van der Waals surface area contributed by atoms with E-state index in [0.29, 0.717) is 10.1 Å². The summed E-state index contributed by atoms with van der Waals surface area (Å²) < 4.78 is 0.449. The maximum Gasteiger partial charge on any atom is 0.323 e. The Bertz CT molecular complexity index is 484. The molecule has 4 nitrogen and oxygen atoms in total. The molecule has 0 bridgehead atoms. The first-order valence-electron chi connectivity index (χ1n) is 6.38. The van der Waals surface area contributed by atoms with Crippen molar-refractivity contribution in [1.82, 2.24) is 4.90 Å². The summed E-state index contributed by atoms with van der Waals surface area (Å²) >= 11 is 3.87. The van der Waals surface area contributed by atoms with E-state index < -0.39 is 5.97 Å². The molecule has 0 atom stereocenters. The molecule has 1 N–H and O–H groups in total. The molecule has 0 aromatic heterocycles. The van der Waals surface area contributed by atoms with Crippen molar-refractivity contribution in [1.29, 1.82) is 0 Å². The number of hydrogen-bond donors (Lipinski definition) is 1. The Hall–Kier alpha value is -1.14. The number of thioether (sulfide) groups is 2. The lowest BCUT2D eigenvalue weighted by Gasteiger charge is -2.21. The van der Waals surface area contributed by atoms with Gasteiger partial charge in [0.25, 0.3) is 5.91 Å². The van der Waals surface area contributed by atoms with E-state index in [1.807, 2.05) is 35.7 Å². The zero-order valence-electron chi connectivity index (χ0n) is 11.2. The molecule has 1 aromatic rings. The normalized spacial score (nSPS) is 15.8. The van der Waals surface area contributed by atoms with Gasteiger partial charge in [-0.2, -0.15) is 0 Å². The van der Waals surface area contributed by atoms with Crippen molar-refractivity contribution in [3.05, 3.63) is 35.4 Å². The lowest BCUT2D eigenvalue weighted by molar-refractivity contribution is -0.137. The number of likely N-dealkylation sites (N-methyl/N-ethyl adjacent to an activating group) is 1. The number of carbonyl (C=O) groups excluding carboxylic acids is 1. The van der Waals surface area contributed by atoms with Gasteiger partial charge in [0.05, 0.1) is 4.58 Å². The first-order chi connectivity index (χ1) is 9.58. The van der Waals surface area contributed by atoms with Crippen LogP contribution in [-0.2, 0) is 4.79 Å². The van der Waals surface area contributed by atoms with Crippen LogP contribution >= 0.6 is 23.5 Å². The third-order valence-corrected chi connectivity index (χ3v) is 5.99. The van der Waals surface area contributed by atoms with E-state index in [1.54, 1.807) is 12.1 Å². The number of carbonyl (C=O) groups is 2. The summed E-state index contributed by atoms with van der Waals surface area (Å²) in [6.45, 7) is -0.283. The number of nitrogens with zero attached hydrogens (tertiary/aromatic N) is 1. The van der Waals surface area contributed by atoms with Crippen molar-refractivity contribution >= 4 is 35.4 Å². The minimum absolute atomic E-state index is 0.261. The number of carboxylic acid groups (broad SMARTS) is 1. The predicted molar refractivity (Wildman–Crippen MR) is 83.3 cm³/mol. The molecule has 1 fully saturated rings. The fraction of sp³-hybridized carbons (Fsp3) is 0.429. The van der Waals surface area contributed by atoms with Crippen molar-refractivity contribution < 1.29 is 14.7 Å². The lowest BCUT2D eigenvalue weighted by Crippen LogP contribution is -2.31.